The van der Waals surface area contributed by atoms with E-state index < -0.39 is 18.7 Å². The molecule has 0 saturated carbocycles. The van der Waals surface area contributed by atoms with Gasteiger partial charge in [-0.15, -0.1) is 0 Å². The van der Waals surface area contributed by atoms with Crippen molar-refractivity contribution in [3.05, 3.63) is 65.7 Å². The number of hydrogen-bond donors (Lipinski definition) is 3. The van der Waals surface area contributed by atoms with E-state index in [1.807, 2.05) is 13.0 Å². The normalized spacial score (nSPS) is 14.7. The Labute approximate surface area is 204 Å². The Balaban J connectivity index is 1.94. The van der Waals surface area contributed by atoms with Crippen molar-refractivity contribution in [2.45, 2.75) is 38.4 Å². The second kappa shape index (κ2) is 13.2. The number of benzene rings is 1. The molecule has 1 aliphatic rings. The zero-order valence-electron chi connectivity index (χ0n) is 20.0. The van der Waals surface area contributed by atoms with Crippen LogP contribution < -0.4 is 16.0 Å². The average molecular weight is 498 g/mol. The lowest BCUT2D eigenvalue weighted by Gasteiger charge is -2.22. The number of halogens is 3. The van der Waals surface area contributed by atoms with Crippen LogP contribution in [0.2, 0.25) is 0 Å². The van der Waals surface area contributed by atoms with Gasteiger partial charge in [0, 0.05) is 32.3 Å². The number of anilines is 1. The standard InChI is InChI=1S/C25H34F3N3O4/c1-4-21(22(5-2)35-16-25(26,27)28)34-12-8-30-17(3)13-18-14-19-7-10-31(9-6-11-32)23(19)20(15-18)24(29)33/h4-5,14-15,17,30,32H,1-2,6-13,16H2,3H3,(H2,29,33)/b22-21-/t17-/m1/s1. The Hall–Kier alpha value is -2.98. The molecular weight excluding hydrogens is 463 g/mol. The Morgan fingerprint density at radius 1 is 1.29 bits per heavy atom. The minimum absolute atomic E-state index is 0.0285. The van der Waals surface area contributed by atoms with Gasteiger partial charge in [-0.25, -0.2) is 0 Å². The molecule has 0 saturated heterocycles. The maximum atomic E-state index is 12.4. The van der Waals surface area contributed by atoms with Gasteiger partial charge in [0.2, 0.25) is 0 Å². The zero-order valence-corrected chi connectivity index (χ0v) is 20.0. The number of carbonyl (C=O) groups is 1. The fraction of sp³-hybridized carbons (Fsp3) is 0.480. The van der Waals surface area contributed by atoms with E-state index in [1.54, 1.807) is 0 Å². The number of rotatable bonds is 15. The number of ether oxygens (including phenoxy) is 2. The maximum Gasteiger partial charge on any atom is 0.422 e. The third-order valence-corrected chi connectivity index (χ3v) is 5.47. The van der Waals surface area contributed by atoms with Gasteiger partial charge in [0.25, 0.3) is 5.91 Å². The van der Waals surface area contributed by atoms with E-state index in [9.17, 15) is 18.0 Å². The molecule has 1 atom stereocenters. The van der Waals surface area contributed by atoms with Crippen LogP contribution in [-0.4, -0.2) is 62.7 Å². The summed E-state index contributed by atoms with van der Waals surface area (Å²) in [6, 6.07) is 3.93. The van der Waals surface area contributed by atoms with E-state index in [0.29, 0.717) is 31.5 Å². The Morgan fingerprint density at radius 2 is 1.97 bits per heavy atom. The van der Waals surface area contributed by atoms with Gasteiger partial charge in [-0.3, -0.25) is 4.79 Å². The summed E-state index contributed by atoms with van der Waals surface area (Å²) in [6.45, 7) is 9.67. The SMILES string of the molecule is C=C/C(OCCN[C@H](C)Cc1cc2c(c(C(N)=O)c1)N(CCCO)CC2)=C(\C=C)OCC(F)(F)F. The number of fused-ring (bicyclic) bond motifs is 1. The number of hydrogen-bond acceptors (Lipinski definition) is 6. The highest BCUT2D eigenvalue weighted by Crippen LogP contribution is 2.33. The molecule has 4 N–H and O–H groups in total. The van der Waals surface area contributed by atoms with E-state index in [-0.39, 0.29) is 30.8 Å². The van der Waals surface area contributed by atoms with E-state index in [2.05, 4.69) is 29.4 Å². The summed E-state index contributed by atoms with van der Waals surface area (Å²) in [5, 5.41) is 12.4. The van der Waals surface area contributed by atoms with Crippen molar-refractivity contribution in [2.24, 2.45) is 5.73 Å². The quantitative estimate of drug-likeness (QED) is 0.196. The van der Waals surface area contributed by atoms with E-state index in [0.717, 1.165) is 35.9 Å². The van der Waals surface area contributed by atoms with E-state index in [4.69, 9.17) is 20.3 Å². The Kier molecular flexibility index (Phi) is 10.7. The van der Waals surface area contributed by atoms with Gasteiger partial charge in [-0.1, -0.05) is 19.2 Å². The molecule has 10 heteroatoms. The molecule has 0 unspecified atom stereocenters. The number of carbonyl (C=O) groups excluding carboxylic acids is 1. The van der Waals surface area contributed by atoms with E-state index >= 15 is 0 Å². The maximum absolute atomic E-state index is 12.4. The Morgan fingerprint density at radius 3 is 2.57 bits per heavy atom. The molecule has 0 radical (unpaired) electrons. The van der Waals surface area contributed by atoms with Gasteiger partial charge in [0.1, 0.15) is 6.61 Å². The number of alkyl halides is 3. The summed E-state index contributed by atoms with van der Waals surface area (Å²) in [5.74, 6) is -0.535. The van der Waals surface area contributed by atoms with Gasteiger partial charge >= 0.3 is 6.18 Å². The molecule has 1 aliphatic heterocycles. The molecule has 35 heavy (non-hydrogen) atoms. The number of nitrogens with two attached hydrogens (primary N) is 1. The molecule has 194 valence electrons. The summed E-state index contributed by atoms with van der Waals surface area (Å²) in [7, 11) is 0. The second-order valence-corrected chi connectivity index (χ2v) is 8.28. The first-order valence-electron chi connectivity index (χ1n) is 11.5. The summed E-state index contributed by atoms with van der Waals surface area (Å²) in [4.78, 5) is 14.2. The second-order valence-electron chi connectivity index (χ2n) is 8.28. The molecule has 0 aromatic heterocycles. The minimum atomic E-state index is -4.47. The number of nitrogens with one attached hydrogen (secondary N) is 1. The van der Waals surface area contributed by atoms with Crippen LogP contribution in [0.5, 0.6) is 0 Å². The topological polar surface area (TPSA) is 97.0 Å². The van der Waals surface area contributed by atoms with Crippen molar-refractivity contribution >= 4 is 11.6 Å². The van der Waals surface area contributed by atoms with Gasteiger partial charge in [-0.2, -0.15) is 13.2 Å². The fourth-order valence-corrected chi connectivity index (χ4v) is 4.00. The molecule has 1 aromatic rings. The van der Waals surface area contributed by atoms with Crippen LogP contribution in [0, 0.1) is 0 Å². The molecule has 7 nitrogen and oxygen atoms in total. The van der Waals surface area contributed by atoms with Crippen LogP contribution >= 0.6 is 0 Å². The highest BCUT2D eigenvalue weighted by Gasteiger charge is 2.29. The van der Waals surface area contributed by atoms with Gasteiger partial charge in [0.15, 0.2) is 18.1 Å². The molecule has 0 fully saturated rings. The Bertz CT molecular complexity index is 931. The number of aliphatic hydroxyl groups excluding tert-OH is 1. The predicted molar refractivity (Wildman–Crippen MR) is 129 cm³/mol. The number of aliphatic hydroxyl groups is 1. The molecule has 0 aliphatic carbocycles. The number of primary amides is 1. The number of nitrogens with zero attached hydrogens (tertiary/aromatic N) is 1. The molecule has 1 aromatic carbocycles. The lowest BCUT2D eigenvalue weighted by Crippen LogP contribution is -2.31. The molecule has 2 rings (SSSR count). The average Bonchev–Trinajstić information content (AvgIpc) is 3.20. The number of amides is 1. The fourth-order valence-electron chi connectivity index (χ4n) is 4.00. The van der Waals surface area contributed by atoms with Crippen LogP contribution in [0.3, 0.4) is 0 Å². The number of allylic oxidation sites excluding steroid dienone is 2. The van der Waals surface area contributed by atoms with Gasteiger partial charge in [-0.05, 0) is 55.5 Å². The third kappa shape index (κ3) is 8.63. The summed E-state index contributed by atoms with van der Waals surface area (Å²) >= 11 is 0. The predicted octanol–water partition coefficient (Wildman–Crippen LogP) is 3.23. The lowest BCUT2D eigenvalue weighted by molar-refractivity contribution is -0.164. The molecule has 1 amide bonds. The molecule has 0 bridgehead atoms. The van der Waals surface area contributed by atoms with Crippen molar-refractivity contribution in [1.82, 2.24) is 5.32 Å². The van der Waals surface area contributed by atoms with Crippen LogP contribution in [0.15, 0.2) is 49.0 Å². The highest BCUT2D eigenvalue weighted by atomic mass is 19.4. The van der Waals surface area contributed by atoms with Crippen LogP contribution in [0.1, 0.15) is 34.8 Å². The first kappa shape index (κ1) is 28.3. The summed E-state index contributed by atoms with van der Waals surface area (Å²) in [6.07, 6.45) is 0.0176. The first-order chi connectivity index (χ1) is 16.6. The van der Waals surface area contributed by atoms with Crippen molar-refractivity contribution in [2.75, 3.05) is 44.4 Å². The smallest absolute Gasteiger partial charge is 0.422 e. The van der Waals surface area contributed by atoms with Crippen molar-refractivity contribution in [1.29, 1.82) is 0 Å². The van der Waals surface area contributed by atoms with Crippen LogP contribution in [0.25, 0.3) is 0 Å². The van der Waals surface area contributed by atoms with Crippen LogP contribution in [-0.2, 0) is 22.3 Å². The van der Waals surface area contributed by atoms with Gasteiger partial charge in [0.05, 0.1) is 11.3 Å². The van der Waals surface area contributed by atoms with Crippen molar-refractivity contribution in [3.63, 3.8) is 0 Å². The largest absolute Gasteiger partial charge is 0.488 e. The van der Waals surface area contributed by atoms with E-state index in [1.165, 1.54) is 6.08 Å². The third-order valence-electron chi connectivity index (χ3n) is 5.47. The van der Waals surface area contributed by atoms with Crippen LogP contribution in [0.4, 0.5) is 18.9 Å². The lowest BCUT2D eigenvalue weighted by atomic mass is 9.98. The summed E-state index contributed by atoms with van der Waals surface area (Å²) in [5.41, 5.74) is 9.05. The van der Waals surface area contributed by atoms with Crippen molar-refractivity contribution < 1.29 is 32.5 Å². The molecule has 1 heterocycles. The molecular formula is C25H34F3N3O4. The monoisotopic (exact) mass is 497 g/mol. The summed E-state index contributed by atoms with van der Waals surface area (Å²) < 4.78 is 47.5. The zero-order chi connectivity index (χ0) is 26.0. The van der Waals surface area contributed by atoms with Gasteiger partial charge < -0.3 is 30.5 Å². The first-order valence-corrected chi connectivity index (χ1v) is 11.5. The minimum Gasteiger partial charge on any atom is -0.488 e. The highest BCUT2D eigenvalue weighted by molar-refractivity contribution is 6.00. The molecule has 0 spiro atoms. The van der Waals surface area contributed by atoms with Crippen molar-refractivity contribution in [3.8, 4) is 0 Å².